The van der Waals surface area contributed by atoms with Crippen LogP contribution in [-0.2, 0) is 0 Å². The summed E-state index contributed by atoms with van der Waals surface area (Å²) in [5.41, 5.74) is 3.99. The lowest BCUT2D eigenvalue weighted by molar-refractivity contribution is 0.295. The van der Waals surface area contributed by atoms with Crippen molar-refractivity contribution in [2.24, 2.45) is 11.3 Å². The van der Waals surface area contributed by atoms with Crippen molar-refractivity contribution in [3.05, 3.63) is 11.1 Å². The zero-order valence-electron chi connectivity index (χ0n) is 9.20. The molecule has 0 atom stereocenters. The molecule has 1 rings (SSSR count). The van der Waals surface area contributed by atoms with Gasteiger partial charge in [-0.15, -0.1) is 0 Å². The van der Waals surface area contributed by atoms with Crippen LogP contribution in [0.4, 0.5) is 0 Å². The van der Waals surface area contributed by atoms with Crippen LogP contribution in [0.15, 0.2) is 11.1 Å². The fraction of sp³-hybridized carbons (Fsp3) is 0.833. The van der Waals surface area contributed by atoms with E-state index in [2.05, 4.69) is 34.6 Å². The van der Waals surface area contributed by atoms with Crippen LogP contribution < -0.4 is 0 Å². The van der Waals surface area contributed by atoms with E-state index in [9.17, 15) is 0 Å². The van der Waals surface area contributed by atoms with Crippen molar-refractivity contribution < 1.29 is 0 Å². The van der Waals surface area contributed by atoms with Gasteiger partial charge in [0.05, 0.1) is 0 Å². The summed E-state index contributed by atoms with van der Waals surface area (Å²) in [6.45, 7) is 11.7. The molecule has 0 aromatic rings. The van der Waals surface area contributed by atoms with E-state index in [1.54, 1.807) is 11.1 Å². The third-order valence-electron chi connectivity index (χ3n) is 3.28. The first-order chi connectivity index (χ1) is 5.49. The highest BCUT2D eigenvalue weighted by Gasteiger charge is 2.34. The van der Waals surface area contributed by atoms with Gasteiger partial charge in [-0.1, -0.05) is 45.8 Å². The molecule has 0 radical (unpaired) electrons. The predicted octanol–water partition coefficient (Wildman–Crippen LogP) is 4.17. The Morgan fingerprint density at radius 1 is 1.42 bits per heavy atom. The van der Waals surface area contributed by atoms with E-state index >= 15 is 0 Å². The molecule has 0 heterocycles. The zero-order valence-corrected chi connectivity index (χ0v) is 9.20. The molecule has 1 aliphatic rings. The summed E-state index contributed by atoms with van der Waals surface area (Å²) in [6.07, 6.45) is 3.99. The van der Waals surface area contributed by atoms with Crippen LogP contribution in [0.3, 0.4) is 0 Å². The summed E-state index contributed by atoms with van der Waals surface area (Å²) in [5, 5.41) is 0. The van der Waals surface area contributed by atoms with Crippen LogP contribution in [0.25, 0.3) is 0 Å². The third kappa shape index (κ3) is 1.57. The smallest absolute Gasteiger partial charge is 0.0139 e. The molecule has 70 valence electrons. The minimum atomic E-state index is 0.523. The Morgan fingerprint density at radius 3 is 2.08 bits per heavy atom. The van der Waals surface area contributed by atoms with Crippen LogP contribution in [-0.4, -0.2) is 0 Å². The minimum absolute atomic E-state index is 0.523. The molecule has 0 spiro atoms. The molecular weight excluding hydrogens is 144 g/mol. The summed E-state index contributed by atoms with van der Waals surface area (Å²) in [6, 6.07) is 0. The van der Waals surface area contributed by atoms with Gasteiger partial charge in [0.15, 0.2) is 0 Å². The molecule has 0 aromatic carbocycles. The van der Waals surface area contributed by atoms with Crippen LogP contribution in [0.2, 0.25) is 0 Å². The van der Waals surface area contributed by atoms with Crippen LogP contribution in [0, 0.1) is 11.3 Å². The summed E-state index contributed by atoms with van der Waals surface area (Å²) < 4.78 is 0. The van der Waals surface area contributed by atoms with E-state index in [1.807, 2.05) is 0 Å². The first-order valence-corrected chi connectivity index (χ1v) is 5.21. The van der Waals surface area contributed by atoms with Crippen molar-refractivity contribution in [1.29, 1.82) is 0 Å². The second-order valence-electron chi connectivity index (χ2n) is 4.90. The average molecular weight is 166 g/mol. The van der Waals surface area contributed by atoms with Crippen LogP contribution in [0.5, 0.6) is 0 Å². The lowest BCUT2D eigenvalue weighted by atomic mass is 9.64. The van der Waals surface area contributed by atoms with Crippen molar-refractivity contribution in [3.63, 3.8) is 0 Å². The number of hydrogen-bond donors (Lipinski definition) is 0. The molecule has 0 heteroatoms. The molecule has 0 bridgehead atoms. The largest absolute Gasteiger partial charge is 0.0682 e. The van der Waals surface area contributed by atoms with E-state index < -0.39 is 0 Å². The Bertz CT molecular complexity index is 190. The molecule has 1 aliphatic carbocycles. The van der Waals surface area contributed by atoms with Crippen molar-refractivity contribution in [3.8, 4) is 0 Å². The van der Waals surface area contributed by atoms with E-state index in [0.29, 0.717) is 5.41 Å². The molecule has 0 N–H and O–H groups in total. The molecule has 0 saturated heterocycles. The maximum atomic E-state index is 2.38. The van der Waals surface area contributed by atoms with Crippen molar-refractivity contribution >= 4 is 0 Å². The Hall–Kier alpha value is -0.260. The van der Waals surface area contributed by atoms with Gasteiger partial charge in [0, 0.05) is 0 Å². The van der Waals surface area contributed by atoms with Gasteiger partial charge in [-0.25, -0.2) is 0 Å². The number of rotatable bonds is 2. The van der Waals surface area contributed by atoms with Gasteiger partial charge in [0.1, 0.15) is 0 Å². The van der Waals surface area contributed by atoms with Gasteiger partial charge in [-0.3, -0.25) is 0 Å². The molecule has 1 saturated carbocycles. The molecule has 0 aliphatic heterocycles. The van der Waals surface area contributed by atoms with E-state index in [1.165, 1.54) is 19.3 Å². The van der Waals surface area contributed by atoms with Gasteiger partial charge in [0.2, 0.25) is 0 Å². The lowest BCUT2D eigenvalue weighted by Crippen LogP contribution is -2.27. The zero-order chi connectivity index (χ0) is 9.35. The van der Waals surface area contributed by atoms with Gasteiger partial charge in [0.25, 0.3) is 0 Å². The molecule has 0 aromatic heterocycles. The molecule has 0 amide bonds. The van der Waals surface area contributed by atoms with Gasteiger partial charge in [-0.2, -0.15) is 0 Å². The SMILES string of the molecule is CC/C(=C1/CCC1(C)C)C(C)C. The molecule has 0 nitrogen and oxygen atoms in total. The summed E-state index contributed by atoms with van der Waals surface area (Å²) in [4.78, 5) is 0. The van der Waals surface area contributed by atoms with Crippen molar-refractivity contribution in [2.75, 3.05) is 0 Å². The minimum Gasteiger partial charge on any atom is -0.0682 e. The quantitative estimate of drug-likeness (QED) is 0.540. The van der Waals surface area contributed by atoms with E-state index in [-0.39, 0.29) is 0 Å². The third-order valence-corrected chi connectivity index (χ3v) is 3.28. The van der Waals surface area contributed by atoms with Crippen molar-refractivity contribution in [2.45, 2.75) is 53.9 Å². The predicted molar refractivity (Wildman–Crippen MR) is 55.2 cm³/mol. The number of hydrogen-bond acceptors (Lipinski definition) is 0. The van der Waals surface area contributed by atoms with E-state index in [4.69, 9.17) is 0 Å². The van der Waals surface area contributed by atoms with Crippen LogP contribution in [0.1, 0.15) is 53.9 Å². The topological polar surface area (TPSA) is 0 Å². The Kier molecular flexibility index (Phi) is 2.65. The normalized spacial score (nSPS) is 25.5. The highest BCUT2D eigenvalue weighted by molar-refractivity contribution is 5.28. The molecule has 12 heavy (non-hydrogen) atoms. The average Bonchev–Trinajstić information content (AvgIpc) is 1.97. The van der Waals surface area contributed by atoms with Gasteiger partial charge < -0.3 is 0 Å². The molecular formula is C12H22. The maximum absolute atomic E-state index is 2.38. The fourth-order valence-electron chi connectivity index (χ4n) is 2.32. The van der Waals surface area contributed by atoms with Crippen LogP contribution >= 0.6 is 0 Å². The van der Waals surface area contributed by atoms with Crippen molar-refractivity contribution in [1.82, 2.24) is 0 Å². The van der Waals surface area contributed by atoms with E-state index in [0.717, 1.165) is 5.92 Å². The summed E-state index contributed by atoms with van der Waals surface area (Å²) >= 11 is 0. The second kappa shape index (κ2) is 3.24. The van der Waals surface area contributed by atoms with Gasteiger partial charge in [-0.05, 0) is 30.6 Å². The summed E-state index contributed by atoms with van der Waals surface area (Å²) in [5.74, 6) is 0.754. The Labute approximate surface area is 77.1 Å². The highest BCUT2D eigenvalue weighted by Crippen LogP contribution is 2.48. The number of allylic oxidation sites excluding steroid dienone is 2. The summed E-state index contributed by atoms with van der Waals surface area (Å²) in [7, 11) is 0. The monoisotopic (exact) mass is 166 g/mol. The first-order valence-electron chi connectivity index (χ1n) is 5.21. The first kappa shape index (κ1) is 9.83. The maximum Gasteiger partial charge on any atom is -0.0139 e. The lowest BCUT2D eigenvalue weighted by Gasteiger charge is -2.41. The Balaban J connectivity index is 2.87. The second-order valence-corrected chi connectivity index (χ2v) is 4.90. The standard InChI is InChI=1S/C12H22/c1-6-10(9(2)3)11-7-8-12(11,4)5/h9H,6-8H2,1-5H3/b11-10+. The fourth-order valence-corrected chi connectivity index (χ4v) is 2.32. The highest BCUT2D eigenvalue weighted by atomic mass is 14.4. The van der Waals surface area contributed by atoms with Gasteiger partial charge >= 0.3 is 0 Å². The molecule has 0 unspecified atom stereocenters. The Morgan fingerprint density at radius 2 is 2.00 bits per heavy atom. The molecule has 1 fully saturated rings.